The van der Waals surface area contributed by atoms with Crippen LogP contribution in [0.15, 0.2) is 18.2 Å². The van der Waals surface area contributed by atoms with Crippen LogP contribution in [0.5, 0.6) is 0 Å². The number of hydrogen-bond donors (Lipinski definition) is 1. The van der Waals surface area contributed by atoms with Crippen LogP contribution in [0.1, 0.15) is 30.1 Å². The Morgan fingerprint density at radius 3 is 2.67 bits per heavy atom. The Balaban J connectivity index is 2.00. The molecule has 5 nitrogen and oxygen atoms in total. The smallest absolute Gasteiger partial charge is 0.309 e. The second kappa shape index (κ2) is 6.80. The van der Waals surface area contributed by atoms with Crippen LogP contribution in [0.2, 0.25) is 5.02 Å². The Hall–Kier alpha value is -1.75. The largest absolute Gasteiger partial charge is 0.466 e. The molecule has 1 aromatic carbocycles. The molecule has 1 aliphatic heterocycles. The highest BCUT2D eigenvalue weighted by molar-refractivity contribution is 6.33. The number of nitrogens with two attached hydrogens (primary N) is 1. The zero-order chi connectivity index (χ0) is 15.4. The van der Waals surface area contributed by atoms with E-state index in [0.717, 1.165) is 0 Å². The summed E-state index contributed by atoms with van der Waals surface area (Å²) in [5.74, 6) is -0.435. The average Bonchev–Trinajstić information content (AvgIpc) is 2.50. The zero-order valence-electron chi connectivity index (χ0n) is 12.0. The Labute approximate surface area is 129 Å². The van der Waals surface area contributed by atoms with Gasteiger partial charge in [0.2, 0.25) is 0 Å². The van der Waals surface area contributed by atoms with Crippen molar-refractivity contribution in [3.05, 3.63) is 28.8 Å². The monoisotopic (exact) mass is 310 g/mol. The third-order valence-electron chi connectivity index (χ3n) is 3.69. The lowest BCUT2D eigenvalue weighted by Crippen LogP contribution is -2.40. The topological polar surface area (TPSA) is 72.6 Å². The van der Waals surface area contributed by atoms with E-state index < -0.39 is 0 Å². The molecule has 0 aromatic heterocycles. The third kappa shape index (κ3) is 3.47. The number of ether oxygens (including phenoxy) is 1. The summed E-state index contributed by atoms with van der Waals surface area (Å²) in [5, 5.41) is 0.377. The van der Waals surface area contributed by atoms with Crippen molar-refractivity contribution < 1.29 is 14.3 Å². The highest BCUT2D eigenvalue weighted by Gasteiger charge is 2.29. The number of piperidine rings is 1. The number of nitrogens with zero attached hydrogens (tertiary/aromatic N) is 1. The van der Waals surface area contributed by atoms with Crippen LogP contribution in [0, 0.1) is 5.92 Å². The minimum Gasteiger partial charge on any atom is -0.466 e. The van der Waals surface area contributed by atoms with Crippen molar-refractivity contribution in [3.63, 3.8) is 0 Å². The molecule has 1 aromatic rings. The first kappa shape index (κ1) is 15.6. The van der Waals surface area contributed by atoms with Crippen LogP contribution in [0.25, 0.3) is 0 Å². The Bertz CT molecular complexity index is 540. The number of rotatable bonds is 3. The van der Waals surface area contributed by atoms with E-state index in [1.54, 1.807) is 30.0 Å². The highest BCUT2D eigenvalue weighted by atomic mass is 35.5. The number of anilines is 1. The molecular weight excluding hydrogens is 292 g/mol. The number of para-hydroxylation sites is 1. The van der Waals surface area contributed by atoms with Gasteiger partial charge in [-0.2, -0.15) is 0 Å². The number of benzene rings is 1. The van der Waals surface area contributed by atoms with Crippen LogP contribution in [0.4, 0.5) is 5.69 Å². The molecule has 0 aliphatic carbocycles. The predicted octanol–water partition coefficient (Wildman–Crippen LogP) is 2.34. The van der Waals surface area contributed by atoms with Gasteiger partial charge in [0.15, 0.2) is 0 Å². The van der Waals surface area contributed by atoms with E-state index in [0.29, 0.717) is 48.8 Å². The summed E-state index contributed by atoms with van der Waals surface area (Å²) in [5.41, 5.74) is 6.57. The molecule has 2 N–H and O–H groups in total. The predicted molar refractivity (Wildman–Crippen MR) is 81.1 cm³/mol. The molecule has 0 spiro atoms. The number of halogens is 1. The lowest BCUT2D eigenvalue weighted by molar-refractivity contribution is -0.149. The van der Waals surface area contributed by atoms with E-state index in [9.17, 15) is 9.59 Å². The van der Waals surface area contributed by atoms with Gasteiger partial charge in [0.1, 0.15) is 0 Å². The van der Waals surface area contributed by atoms with Crippen LogP contribution in [0.3, 0.4) is 0 Å². The van der Waals surface area contributed by atoms with Gasteiger partial charge in [-0.15, -0.1) is 0 Å². The molecule has 114 valence electrons. The number of esters is 1. The Kier molecular flexibility index (Phi) is 5.07. The number of carbonyl (C=O) groups excluding carboxylic acids is 2. The average molecular weight is 311 g/mol. The van der Waals surface area contributed by atoms with E-state index in [-0.39, 0.29) is 17.8 Å². The summed E-state index contributed by atoms with van der Waals surface area (Å²) < 4.78 is 5.02. The summed E-state index contributed by atoms with van der Waals surface area (Å²) in [6, 6.07) is 5.03. The lowest BCUT2D eigenvalue weighted by atomic mass is 9.96. The molecule has 0 saturated carbocycles. The second-order valence-corrected chi connectivity index (χ2v) is 5.43. The van der Waals surface area contributed by atoms with Gasteiger partial charge >= 0.3 is 5.97 Å². The van der Waals surface area contributed by atoms with Gasteiger partial charge in [-0.1, -0.05) is 17.7 Å². The maximum absolute atomic E-state index is 12.4. The quantitative estimate of drug-likeness (QED) is 0.687. The fourth-order valence-corrected chi connectivity index (χ4v) is 2.65. The SMILES string of the molecule is CCOC(=O)C1CCN(C(=O)c2cccc(Cl)c2N)CC1. The normalized spacial score (nSPS) is 15.8. The van der Waals surface area contributed by atoms with Crippen molar-refractivity contribution >= 4 is 29.2 Å². The van der Waals surface area contributed by atoms with Crippen LogP contribution < -0.4 is 5.73 Å². The fraction of sp³-hybridized carbons (Fsp3) is 0.467. The van der Waals surface area contributed by atoms with Gasteiger partial charge < -0.3 is 15.4 Å². The first-order valence-electron chi connectivity index (χ1n) is 7.04. The van der Waals surface area contributed by atoms with Gasteiger partial charge in [-0.05, 0) is 31.9 Å². The summed E-state index contributed by atoms with van der Waals surface area (Å²) in [7, 11) is 0. The highest BCUT2D eigenvalue weighted by Crippen LogP contribution is 2.26. The number of hydrogen-bond acceptors (Lipinski definition) is 4. The second-order valence-electron chi connectivity index (χ2n) is 5.02. The van der Waals surface area contributed by atoms with E-state index in [2.05, 4.69) is 0 Å². The number of likely N-dealkylation sites (tertiary alicyclic amines) is 1. The van der Waals surface area contributed by atoms with E-state index in [1.165, 1.54) is 0 Å². The van der Waals surface area contributed by atoms with Crippen molar-refractivity contribution in [2.45, 2.75) is 19.8 Å². The molecule has 1 heterocycles. The van der Waals surface area contributed by atoms with Crippen LogP contribution >= 0.6 is 11.6 Å². The van der Waals surface area contributed by atoms with Crippen molar-refractivity contribution in [1.29, 1.82) is 0 Å². The fourth-order valence-electron chi connectivity index (χ4n) is 2.47. The number of nitrogen functional groups attached to an aromatic ring is 1. The van der Waals surface area contributed by atoms with Gasteiger partial charge in [0.25, 0.3) is 5.91 Å². The van der Waals surface area contributed by atoms with Gasteiger partial charge in [-0.25, -0.2) is 0 Å². The molecule has 6 heteroatoms. The summed E-state index contributed by atoms with van der Waals surface area (Å²) in [4.78, 5) is 25.8. The van der Waals surface area contributed by atoms with Crippen LogP contribution in [-0.2, 0) is 9.53 Å². The summed E-state index contributed by atoms with van der Waals surface area (Å²) in [6.45, 7) is 3.22. The molecule has 1 fully saturated rings. The molecule has 0 bridgehead atoms. The van der Waals surface area contributed by atoms with Crippen molar-refractivity contribution in [2.24, 2.45) is 5.92 Å². The van der Waals surface area contributed by atoms with Crippen molar-refractivity contribution in [1.82, 2.24) is 4.90 Å². The maximum Gasteiger partial charge on any atom is 0.309 e. The molecule has 0 radical (unpaired) electrons. The Morgan fingerprint density at radius 2 is 2.05 bits per heavy atom. The minimum atomic E-state index is -0.174. The summed E-state index contributed by atoms with van der Waals surface area (Å²) in [6.07, 6.45) is 1.23. The van der Waals surface area contributed by atoms with Crippen molar-refractivity contribution in [2.75, 3.05) is 25.4 Å². The lowest BCUT2D eigenvalue weighted by Gasteiger charge is -2.31. The molecule has 0 unspecified atom stereocenters. The molecule has 1 saturated heterocycles. The van der Waals surface area contributed by atoms with E-state index in [1.807, 2.05) is 0 Å². The van der Waals surface area contributed by atoms with Gasteiger partial charge in [0, 0.05) is 13.1 Å². The molecule has 21 heavy (non-hydrogen) atoms. The third-order valence-corrected chi connectivity index (χ3v) is 4.02. The molecule has 1 amide bonds. The van der Waals surface area contributed by atoms with Gasteiger partial charge in [-0.3, -0.25) is 9.59 Å². The van der Waals surface area contributed by atoms with E-state index >= 15 is 0 Å². The standard InChI is InChI=1S/C15H19ClN2O3/c1-2-21-15(20)10-6-8-18(9-7-10)14(19)11-4-3-5-12(16)13(11)17/h3-5,10H,2,6-9,17H2,1H3. The zero-order valence-corrected chi connectivity index (χ0v) is 12.7. The van der Waals surface area contributed by atoms with Gasteiger partial charge in [0.05, 0.1) is 28.8 Å². The molecular formula is C15H19ClN2O3. The van der Waals surface area contributed by atoms with Crippen molar-refractivity contribution in [3.8, 4) is 0 Å². The Morgan fingerprint density at radius 1 is 1.38 bits per heavy atom. The van der Waals surface area contributed by atoms with Crippen LogP contribution in [-0.4, -0.2) is 36.5 Å². The molecule has 1 aliphatic rings. The van der Waals surface area contributed by atoms with E-state index in [4.69, 9.17) is 22.1 Å². The minimum absolute atomic E-state index is 0.120. The number of carbonyl (C=O) groups is 2. The summed E-state index contributed by atoms with van der Waals surface area (Å²) >= 11 is 5.94. The maximum atomic E-state index is 12.4. The first-order valence-corrected chi connectivity index (χ1v) is 7.42. The molecule has 0 atom stereocenters. The first-order chi connectivity index (χ1) is 10.0. The number of amides is 1. The molecule has 2 rings (SSSR count).